The minimum absolute atomic E-state index is 0. The minimum atomic E-state index is -0.704. The smallest absolute Gasteiger partial charge is 0.191 e. The predicted octanol–water partition coefficient (Wildman–Crippen LogP) is 2.07. The van der Waals surface area contributed by atoms with Gasteiger partial charge in [-0.2, -0.15) is 0 Å². The van der Waals surface area contributed by atoms with Crippen LogP contribution in [0.3, 0.4) is 0 Å². The van der Waals surface area contributed by atoms with E-state index >= 15 is 0 Å². The first-order valence-electron chi connectivity index (χ1n) is 9.52. The molecular formula is C18H39IN4O2. The topological polar surface area (TPSA) is 69.1 Å². The second-order valence-electron chi connectivity index (χ2n) is 6.97. The number of nitrogens with zero attached hydrogens (tertiary/aromatic N) is 2. The third-order valence-electron chi connectivity index (χ3n) is 4.95. The van der Waals surface area contributed by atoms with Crippen molar-refractivity contribution < 1.29 is 9.84 Å². The molecule has 1 aliphatic heterocycles. The summed E-state index contributed by atoms with van der Waals surface area (Å²) in [4.78, 5) is 7.10. The highest BCUT2D eigenvalue weighted by Gasteiger charge is 2.25. The summed E-state index contributed by atoms with van der Waals surface area (Å²) >= 11 is 0. The van der Waals surface area contributed by atoms with E-state index in [1.54, 1.807) is 0 Å². The predicted molar refractivity (Wildman–Crippen MR) is 116 cm³/mol. The Labute approximate surface area is 171 Å². The Balaban J connectivity index is 0.00000576. The van der Waals surface area contributed by atoms with Gasteiger partial charge in [-0.05, 0) is 25.7 Å². The largest absolute Gasteiger partial charge is 0.388 e. The lowest BCUT2D eigenvalue weighted by Crippen LogP contribution is -2.52. The third-order valence-corrected chi connectivity index (χ3v) is 4.95. The molecule has 0 saturated carbocycles. The summed E-state index contributed by atoms with van der Waals surface area (Å²) in [7, 11) is 0. The number of aliphatic imine (C=N–C) groups is 1. The van der Waals surface area contributed by atoms with Gasteiger partial charge in [0, 0.05) is 32.2 Å². The molecule has 1 atom stereocenters. The van der Waals surface area contributed by atoms with Crippen molar-refractivity contribution in [2.75, 3.05) is 45.9 Å². The van der Waals surface area contributed by atoms with Crippen molar-refractivity contribution in [2.24, 2.45) is 10.9 Å². The number of ether oxygens (including phenoxy) is 1. The van der Waals surface area contributed by atoms with Crippen molar-refractivity contribution in [1.82, 2.24) is 15.5 Å². The zero-order valence-electron chi connectivity index (χ0n) is 16.7. The van der Waals surface area contributed by atoms with Gasteiger partial charge in [0.1, 0.15) is 0 Å². The van der Waals surface area contributed by atoms with Crippen LogP contribution >= 0.6 is 24.0 Å². The zero-order chi connectivity index (χ0) is 18.0. The number of hydrogen-bond acceptors (Lipinski definition) is 4. The lowest BCUT2D eigenvalue weighted by atomic mass is 9.98. The van der Waals surface area contributed by atoms with Gasteiger partial charge in [0.15, 0.2) is 5.96 Å². The second kappa shape index (κ2) is 13.1. The molecule has 0 aromatic rings. The van der Waals surface area contributed by atoms with Crippen molar-refractivity contribution in [3.05, 3.63) is 0 Å². The summed E-state index contributed by atoms with van der Waals surface area (Å²) in [6, 6.07) is 0.453. The summed E-state index contributed by atoms with van der Waals surface area (Å²) < 4.78 is 5.47. The summed E-state index contributed by atoms with van der Waals surface area (Å²) in [5.41, 5.74) is -0.704. The van der Waals surface area contributed by atoms with E-state index in [0.29, 0.717) is 18.5 Å². The van der Waals surface area contributed by atoms with Gasteiger partial charge >= 0.3 is 0 Å². The molecule has 0 radical (unpaired) electrons. The summed E-state index contributed by atoms with van der Waals surface area (Å²) in [6.45, 7) is 16.3. The third kappa shape index (κ3) is 8.88. The molecule has 1 aliphatic rings. The highest BCUT2D eigenvalue weighted by atomic mass is 127. The van der Waals surface area contributed by atoms with Crippen LogP contribution in [0.2, 0.25) is 0 Å². The molecule has 0 spiro atoms. The van der Waals surface area contributed by atoms with E-state index in [9.17, 15) is 5.11 Å². The van der Waals surface area contributed by atoms with Gasteiger partial charge in [-0.25, -0.2) is 0 Å². The Morgan fingerprint density at radius 1 is 1.16 bits per heavy atom. The van der Waals surface area contributed by atoms with Gasteiger partial charge < -0.3 is 20.5 Å². The fourth-order valence-corrected chi connectivity index (χ4v) is 2.94. The van der Waals surface area contributed by atoms with E-state index in [1.807, 2.05) is 13.8 Å². The SMILES string of the molecule is CCNC(=NCC(O)(CC)CC)NCC(C(C)C)N1CCOCC1.I. The molecule has 150 valence electrons. The molecule has 6 nitrogen and oxygen atoms in total. The molecule has 1 fully saturated rings. The Hall–Kier alpha value is -0.120. The molecular weight excluding hydrogens is 431 g/mol. The van der Waals surface area contributed by atoms with Gasteiger partial charge in [0.2, 0.25) is 0 Å². The molecule has 25 heavy (non-hydrogen) atoms. The van der Waals surface area contributed by atoms with Gasteiger partial charge in [0.05, 0.1) is 25.4 Å². The lowest BCUT2D eigenvalue weighted by molar-refractivity contribution is 0.00748. The number of guanidine groups is 1. The number of morpholine rings is 1. The fourth-order valence-electron chi connectivity index (χ4n) is 2.94. The van der Waals surface area contributed by atoms with Crippen LogP contribution in [0.15, 0.2) is 4.99 Å². The molecule has 0 amide bonds. The van der Waals surface area contributed by atoms with Crippen molar-refractivity contribution in [3.8, 4) is 0 Å². The summed E-state index contributed by atoms with van der Waals surface area (Å²) in [5, 5.41) is 17.2. The highest BCUT2D eigenvalue weighted by molar-refractivity contribution is 14.0. The molecule has 0 aromatic heterocycles. The molecule has 0 bridgehead atoms. The van der Waals surface area contributed by atoms with E-state index in [0.717, 1.165) is 58.2 Å². The van der Waals surface area contributed by atoms with Crippen LogP contribution < -0.4 is 10.6 Å². The van der Waals surface area contributed by atoms with E-state index in [2.05, 4.69) is 41.3 Å². The first-order valence-corrected chi connectivity index (χ1v) is 9.52. The Kier molecular flexibility index (Phi) is 13.0. The Morgan fingerprint density at radius 3 is 2.24 bits per heavy atom. The van der Waals surface area contributed by atoms with Gasteiger partial charge in [-0.15, -0.1) is 24.0 Å². The first kappa shape index (κ1) is 24.9. The Morgan fingerprint density at radius 2 is 1.76 bits per heavy atom. The maximum absolute atomic E-state index is 10.4. The molecule has 7 heteroatoms. The van der Waals surface area contributed by atoms with Crippen LogP contribution in [0.25, 0.3) is 0 Å². The molecule has 1 heterocycles. The van der Waals surface area contributed by atoms with Crippen molar-refractivity contribution in [3.63, 3.8) is 0 Å². The average Bonchev–Trinajstić information content (AvgIpc) is 2.60. The number of hydrogen-bond donors (Lipinski definition) is 3. The molecule has 0 aliphatic carbocycles. The van der Waals surface area contributed by atoms with Crippen LogP contribution in [0.1, 0.15) is 47.5 Å². The van der Waals surface area contributed by atoms with Crippen molar-refractivity contribution in [2.45, 2.75) is 59.1 Å². The van der Waals surface area contributed by atoms with Crippen LogP contribution in [-0.4, -0.2) is 73.5 Å². The van der Waals surface area contributed by atoms with Crippen molar-refractivity contribution in [1.29, 1.82) is 0 Å². The monoisotopic (exact) mass is 470 g/mol. The minimum Gasteiger partial charge on any atom is -0.388 e. The molecule has 1 saturated heterocycles. The van der Waals surface area contributed by atoms with E-state index < -0.39 is 5.60 Å². The summed E-state index contributed by atoms with van der Waals surface area (Å²) in [6.07, 6.45) is 1.43. The van der Waals surface area contributed by atoms with Crippen LogP contribution in [0.5, 0.6) is 0 Å². The molecule has 3 N–H and O–H groups in total. The molecule has 1 rings (SSSR count). The zero-order valence-corrected chi connectivity index (χ0v) is 19.0. The van der Waals surface area contributed by atoms with Gasteiger partial charge in [0.25, 0.3) is 0 Å². The maximum atomic E-state index is 10.4. The highest BCUT2D eigenvalue weighted by Crippen LogP contribution is 2.15. The quantitative estimate of drug-likeness (QED) is 0.274. The number of halogens is 1. The van der Waals surface area contributed by atoms with E-state index in [4.69, 9.17) is 4.74 Å². The fraction of sp³-hybridized carbons (Fsp3) is 0.944. The maximum Gasteiger partial charge on any atom is 0.191 e. The van der Waals surface area contributed by atoms with Crippen molar-refractivity contribution >= 4 is 29.9 Å². The van der Waals surface area contributed by atoms with E-state index in [1.165, 1.54) is 0 Å². The van der Waals surface area contributed by atoms with Crippen LogP contribution in [0.4, 0.5) is 0 Å². The average molecular weight is 470 g/mol. The summed E-state index contributed by atoms with van der Waals surface area (Å²) in [5.74, 6) is 1.35. The van der Waals surface area contributed by atoms with Crippen LogP contribution in [0, 0.1) is 5.92 Å². The second-order valence-corrected chi connectivity index (χ2v) is 6.97. The standard InChI is InChI=1S/C18H38N4O2.HI/c1-6-18(23,7-2)14-21-17(19-8-3)20-13-16(15(4)5)22-9-11-24-12-10-22;/h15-16,23H,6-14H2,1-5H3,(H2,19,20,21);1H. The molecule has 0 aromatic carbocycles. The Bertz CT molecular complexity index is 370. The van der Waals surface area contributed by atoms with E-state index in [-0.39, 0.29) is 24.0 Å². The molecule has 1 unspecified atom stereocenters. The first-order chi connectivity index (χ1) is 11.5. The van der Waals surface area contributed by atoms with Crippen LogP contribution in [-0.2, 0) is 4.74 Å². The van der Waals surface area contributed by atoms with Gasteiger partial charge in [-0.1, -0.05) is 27.7 Å². The van der Waals surface area contributed by atoms with Gasteiger partial charge in [-0.3, -0.25) is 9.89 Å². The lowest BCUT2D eigenvalue weighted by Gasteiger charge is -2.37. The number of aliphatic hydroxyl groups is 1. The number of nitrogens with one attached hydrogen (secondary N) is 2. The normalized spacial score (nSPS) is 18.0. The number of rotatable bonds is 9.